The van der Waals surface area contributed by atoms with E-state index in [-0.39, 0.29) is 17.0 Å². The SMILES string of the molecule is COc1ccc(OC)c(/C=N/NC(=O)c2cc(C(C)(C)C)[nH]n2)c1. The Hall–Kier alpha value is -2.83. The molecule has 0 unspecified atom stereocenters. The van der Waals surface area contributed by atoms with Gasteiger partial charge in [-0.3, -0.25) is 9.89 Å². The maximum Gasteiger partial charge on any atom is 0.291 e. The molecule has 2 rings (SSSR count). The predicted octanol–water partition coefficient (Wildman–Crippen LogP) is 2.49. The molecule has 0 aliphatic carbocycles. The van der Waals surface area contributed by atoms with E-state index in [1.165, 1.54) is 6.21 Å². The van der Waals surface area contributed by atoms with Gasteiger partial charge in [0.2, 0.25) is 0 Å². The quantitative estimate of drug-likeness (QED) is 0.651. The fraction of sp³-hybridized carbons (Fsp3) is 0.353. The van der Waals surface area contributed by atoms with Crippen molar-refractivity contribution in [3.8, 4) is 11.5 Å². The van der Waals surface area contributed by atoms with Crippen molar-refractivity contribution in [2.75, 3.05) is 14.2 Å². The van der Waals surface area contributed by atoms with Crippen molar-refractivity contribution in [2.24, 2.45) is 5.10 Å². The summed E-state index contributed by atoms with van der Waals surface area (Å²) < 4.78 is 10.4. The van der Waals surface area contributed by atoms with Crippen molar-refractivity contribution in [3.63, 3.8) is 0 Å². The fourth-order valence-corrected chi connectivity index (χ4v) is 1.98. The molecule has 0 atom stereocenters. The third-order valence-electron chi connectivity index (χ3n) is 3.43. The molecule has 7 nitrogen and oxygen atoms in total. The first kappa shape index (κ1) is 17.5. The Bertz CT molecular complexity index is 745. The van der Waals surface area contributed by atoms with E-state index in [4.69, 9.17) is 9.47 Å². The van der Waals surface area contributed by atoms with Gasteiger partial charge in [-0.2, -0.15) is 10.2 Å². The van der Waals surface area contributed by atoms with Crippen LogP contribution in [0.5, 0.6) is 11.5 Å². The molecular weight excluding hydrogens is 308 g/mol. The highest BCUT2D eigenvalue weighted by molar-refractivity contribution is 5.93. The van der Waals surface area contributed by atoms with Gasteiger partial charge in [0.25, 0.3) is 5.91 Å². The van der Waals surface area contributed by atoms with E-state index >= 15 is 0 Å². The molecule has 0 radical (unpaired) electrons. The van der Waals surface area contributed by atoms with Crippen molar-refractivity contribution in [3.05, 3.63) is 41.2 Å². The van der Waals surface area contributed by atoms with Gasteiger partial charge in [-0.05, 0) is 24.3 Å². The van der Waals surface area contributed by atoms with Crippen LogP contribution in [0.3, 0.4) is 0 Å². The van der Waals surface area contributed by atoms with Crippen LogP contribution >= 0.6 is 0 Å². The Labute approximate surface area is 141 Å². The molecule has 0 aliphatic rings. The van der Waals surface area contributed by atoms with E-state index < -0.39 is 0 Å². The number of aromatic nitrogens is 2. The maximum absolute atomic E-state index is 12.1. The standard InChI is InChI=1S/C17H22N4O3/c1-17(2,3)15-9-13(19-20-15)16(22)21-18-10-11-8-12(23-4)6-7-14(11)24-5/h6-10H,1-5H3,(H,19,20)(H,21,22)/b18-10+. The lowest BCUT2D eigenvalue weighted by Gasteiger charge is -2.14. The van der Waals surface area contributed by atoms with Gasteiger partial charge in [0.1, 0.15) is 11.5 Å². The normalized spacial score (nSPS) is 11.5. The number of ether oxygens (including phenoxy) is 2. The van der Waals surface area contributed by atoms with Crippen molar-refractivity contribution in [2.45, 2.75) is 26.2 Å². The summed E-state index contributed by atoms with van der Waals surface area (Å²) in [5.41, 5.74) is 4.20. The van der Waals surface area contributed by atoms with Gasteiger partial charge in [0, 0.05) is 16.7 Å². The number of hydrogen-bond donors (Lipinski definition) is 2. The summed E-state index contributed by atoms with van der Waals surface area (Å²) in [6, 6.07) is 7.04. The van der Waals surface area contributed by atoms with E-state index in [2.05, 4.69) is 20.7 Å². The zero-order chi connectivity index (χ0) is 17.7. The fourth-order valence-electron chi connectivity index (χ4n) is 1.98. The van der Waals surface area contributed by atoms with Crippen LogP contribution in [0.25, 0.3) is 0 Å². The summed E-state index contributed by atoms with van der Waals surface area (Å²) in [7, 11) is 3.14. The monoisotopic (exact) mass is 330 g/mol. The second-order valence-corrected chi connectivity index (χ2v) is 6.22. The van der Waals surface area contributed by atoms with Gasteiger partial charge < -0.3 is 9.47 Å². The van der Waals surface area contributed by atoms with Crippen LogP contribution in [-0.2, 0) is 5.41 Å². The summed E-state index contributed by atoms with van der Waals surface area (Å²) >= 11 is 0. The molecule has 2 aromatic rings. The minimum absolute atomic E-state index is 0.108. The summed E-state index contributed by atoms with van der Waals surface area (Å²) in [5.74, 6) is 0.911. The van der Waals surface area contributed by atoms with Gasteiger partial charge in [-0.1, -0.05) is 20.8 Å². The summed E-state index contributed by atoms with van der Waals surface area (Å²) in [4.78, 5) is 12.1. The first-order valence-electron chi connectivity index (χ1n) is 7.46. The van der Waals surface area contributed by atoms with Crippen LogP contribution in [0.1, 0.15) is 42.5 Å². The maximum atomic E-state index is 12.1. The van der Waals surface area contributed by atoms with Crippen LogP contribution in [0.2, 0.25) is 0 Å². The molecule has 128 valence electrons. The first-order chi connectivity index (χ1) is 11.3. The van der Waals surface area contributed by atoms with Crippen LogP contribution in [0, 0.1) is 0 Å². The second kappa shape index (κ2) is 7.16. The van der Waals surface area contributed by atoms with E-state index in [0.29, 0.717) is 17.1 Å². The van der Waals surface area contributed by atoms with E-state index in [1.54, 1.807) is 38.5 Å². The number of H-pyrrole nitrogens is 1. The molecule has 1 aromatic heterocycles. The zero-order valence-corrected chi connectivity index (χ0v) is 14.5. The lowest BCUT2D eigenvalue weighted by atomic mass is 9.92. The minimum atomic E-state index is -0.389. The Morgan fingerprint density at radius 2 is 2.00 bits per heavy atom. The lowest BCUT2D eigenvalue weighted by molar-refractivity contribution is 0.0950. The molecule has 1 amide bonds. The molecule has 0 bridgehead atoms. The number of benzene rings is 1. The highest BCUT2D eigenvalue weighted by atomic mass is 16.5. The predicted molar refractivity (Wildman–Crippen MR) is 91.9 cm³/mol. The number of nitrogens with zero attached hydrogens (tertiary/aromatic N) is 2. The second-order valence-electron chi connectivity index (χ2n) is 6.22. The Balaban J connectivity index is 2.08. The van der Waals surface area contributed by atoms with E-state index in [9.17, 15) is 4.79 Å². The molecule has 0 saturated heterocycles. The number of methoxy groups -OCH3 is 2. The number of hydrogen-bond acceptors (Lipinski definition) is 5. The first-order valence-corrected chi connectivity index (χ1v) is 7.46. The Morgan fingerprint density at radius 1 is 1.25 bits per heavy atom. The highest BCUT2D eigenvalue weighted by Gasteiger charge is 2.19. The average Bonchev–Trinajstić information content (AvgIpc) is 3.05. The van der Waals surface area contributed by atoms with Gasteiger partial charge >= 0.3 is 0 Å². The summed E-state index contributed by atoms with van der Waals surface area (Å²) in [5, 5.41) is 10.8. The third-order valence-corrected chi connectivity index (χ3v) is 3.43. The van der Waals surface area contributed by atoms with E-state index in [0.717, 1.165) is 5.69 Å². The number of amides is 1. The summed E-state index contributed by atoms with van der Waals surface area (Å²) in [6.45, 7) is 6.11. The number of carbonyl (C=O) groups excluding carboxylic acids is 1. The molecule has 24 heavy (non-hydrogen) atoms. The third kappa shape index (κ3) is 4.13. The average molecular weight is 330 g/mol. The molecule has 2 N–H and O–H groups in total. The minimum Gasteiger partial charge on any atom is -0.497 e. The van der Waals surface area contributed by atoms with Crippen LogP contribution in [0.4, 0.5) is 0 Å². The smallest absolute Gasteiger partial charge is 0.291 e. The van der Waals surface area contributed by atoms with Gasteiger partial charge in [0.05, 0.1) is 20.4 Å². The Morgan fingerprint density at radius 3 is 2.58 bits per heavy atom. The number of aromatic amines is 1. The van der Waals surface area contributed by atoms with Crippen LogP contribution in [0.15, 0.2) is 29.4 Å². The van der Waals surface area contributed by atoms with Crippen molar-refractivity contribution in [1.82, 2.24) is 15.6 Å². The van der Waals surface area contributed by atoms with Gasteiger partial charge in [0.15, 0.2) is 5.69 Å². The number of rotatable bonds is 5. The number of nitrogens with one attached hydrogen (secondary N) is 2. The molecular formula is C17H22N4O3. The summed E-state index contributed by atoms with van der Waals surface area (Å²) in [6.07, 6.45) is 1.50. The highest BCUT2D eigenvalue weighted by Crippen LogP contribution is 2.22. The molecule has 0 spiro atoms. The van der Waals surface area contributed by atoms with Crippen molar-refractivity contribution >= 4 is 12.1 Å². The van der Waals surface area contributed by atoms with Crippen LogP contribution < -0.4 is 14.9 Å². The zero-order valence-electron chi connectivity index (χ0n) is 14.5. The van der Waals surface area contributed by atoms with Gasteiger partial charge in [-0.15, -0.1) is 0 Å². The molecule has 0 aliphatic heterocycles. The van der Waals surface area contributed by atoms with Crippen molar-refractivity contribution in [1.29, 1.82) is 0 Å². The number of carbonyl (C=O) groups is 1. The lowest BCUT2D eigenvalue weighted by Crippen LogP contribution is -2.18. The molecule has 1 heterocycles. The molecule has 0 fully saturated rings. The topological polar surface area (TPSA) is 88.6 Å². The number of hydrazone groups is 1. The van der Waals surface area contributed by atoms with Gasteiger partial charge in [-0.25, -0.2) is 5.43 Å². The van der Waals surface area contributed by atoms with Crippen molar-refractivity contribution < 1.29 is 14.3 Å². The molecule has 1 aromatic carbocycles. The largest absolute Gasteiger partial charge is 0.497 e. The van der Waals surface area contributed by atoms with E-state index in [1.807, 2.05) is 20.8 Å². The Kier molecular flexibility index (Phi) is 5.23. The molecule has 7 heteroatoms. The van der Waals surface area contributed by atoms with Crippen LogP contribution in [-0.4, -0.2) is 36.5 Å². The molecule has 0 saturated carbocycles.